The van der Waals surface area contributed by atoms with Crippen LogP contribution in [-0.4, -0.2) is 19.0 Å². The van der Waals surface area contributed by atoms with Gasteiger partial charge in [-0.05, 0) is 46.4 Å². The second-order valence-electron chi connectivity index (χ2n) is 3.13. The molecule has 1 N–H and O–H groups in total. The van der Waals surface area contributed by atoms with Crippen LogP contribution in [0.5, 0.6) is 0 Å². The van der Waals surface area contributed by atoms with Gasteiger partial charge in [-0.15, -0.1) is 11.3 Å². The fraction of sp³-hybridized carbons (Fsp3) is 0.444. The lowest BCUT2D eigenvalue weighted by molar-refractivity contribution is 0.0957. The molecule has 16 heavy (non-hydrogen) atoms. The van der Waals surface area contributed by atoms with E-state index in [1.807, 2.05) is 13.0 Å². The lowest BCUT2D eigenvalue weighted by Crippen LogP contribution is -2.23. The van der Waals surface area contributed by atoms with E-state index in [2.05, 4.69) is 31.3 Å². The van der Waals surface area contributed by atoms with E-state index in [0.717, 1.165) is 9.35 Å². The zero-order valence-electron chi connectivity index (χ0n) is 8.73. The minimum Gasteiger partial charge on any atom is -0.351 e. The summed E-state index contributed by atoms with van der Waals surface area (Å²) in [6.07, 6.45) is 0.654. The van der Waals surface area contributed by atoms with E-state index in [1.165, 1.54) is 11.3 Å². The van der Waals surface area contributed by atoms with Crippen molar-refractivity contribution < 1.29 is 4.79 Å². The quantitative estimate of drug-likeness (QED) is 0.385. The summed E-state index contributed by atoms with van der Waals surface area (Å²) >= 11 is 4.78. The molecule has 0 aliphatic carbocycles. The van der Waals surface area contributed by atoms with Crippen LogP contribution in [0.25, 0.3) is 10.4 Å². The van der Waals surface area contributed by atoms with Gasteiger partial charge in [0.15, 0.2) is 0 Å². The zero-order chi connectivity index (χ0) is 12.0. The first kappa shape index (κ1) is 13.0. The first-order valence-electron chi connectivity index (χ1n) is 4.70. The Morgan fingerprint density at radius 1 is 1.75 bits per heavy atom. The average molecular weight is 303 g/mol. The van der Waals surface area contributed by atoms with Gasteiger partial charge in [0.05, 0.1) is 8.66 Å². The van der Waals surface area contributed by atoms with Gasteiger partial charge in [0.1, 0.15) is 0 Å². The van der Waals surface area contributed by atoms with Crippen molar-refractivity contribution in [3.05, 3.63) is 30.7 Å². The third kappa shape index (κ3) is 3.84. The summed E-state index contributed by atoms with van der Waals surface area (Å²) in [6, 6.07) is 1.84. The summed E-state index contributed by atoms with van der Waals surface area (Å²) in [5, 5.41) is 6.15. The summed E-state index contributed by atoms with van der Waals surface area (Å²) in [7, 11) is 0. The van der Waals surface area contributed by atoms with Crippen molar-refractivity contribution in [2.24, 2.45) is 5.11 Å². The second-order valence-corrected chi connectivity index (χ2v) is 5.50. The Bertz CT molecular complexity index is 406. The molecule has 1 aromatic rings. The van der Waals surface area contributed by atoms with Gasteiger partial charge >= 0.3 is 0 Å². The molecular weight excluding hydrogens is 292 g/mol. The number of amides is 1. The normalized spacial score (nSPS) is 9.62. The summed E-state index contributed by atoms with van der Waals surface area (Å²) in [5.41, 5.74) is 9.11. The number of azide groups is 1. The van der Waals surface area contributed by atoms with Gasteiger partial charge in [-0.25, -0.2) is 0 Å². The number of hydrogen-bond acceptors (Lipinski definition) is 3. The van der Waals surface area contributed by atoms with Crippen molar-refractivity contribution in [3.63, 3.8) is 0 Å². The van der Waals surface area contributed by atoms with Gasteiger partial charge in [0.2, 0.25) is 0 Å². The van der Waals surface area contributed by atoms with Crippen LogP contribution in [0.4, 0.5) is 0 Å². The predicted molar refractivity (Wildman–Crippen MR) is 67.7 cm³/mol. The SMILES string of the molecule is Cc1cc(C(=O)NCCCN=[N+]=[N-])sc1Br. The van der Waals surface area contributed by atoms with Gasteiger partial charge in [0, 0.05) is 18.0 Å². The molecule has 86 valence electrons. The highest BCUT2D eigenvalue weighted by atomic mass is 79.9. The fourth-order valence-electron chi connectivity index (χ4n) is 1.06. The molecule has 5 nitrogen and oxygen atoms in total. The number of hydrogen-bond donors (Lipinski definition) is 1. The molecular formula is C9H11BrN4OS. The molecule has 0 atom stereocenters. The molecule has 1 amide bonds. The van der Waals surface area contributed by atoms with Crippen LogP contribution < -0.4 is 5.32 Å². The largest absolute Gasteiger partial charge is 0.351 e. The Kier molecular flexibility index (Phi) is 5.31. The Morgan fingerprint density at radius 2 is 2.50 bits per heavy atom. The van der Waals surface area contributed by atoms with E-state index in [-0.39, 0.29) is 5.91 Å². The monoisotopic (exact) mass is 302 g/mol. The number of halogens is 1. The van der Waals surface area contributed by atoms with E-state index in [4.69, 9.17) is 5.53 Å². The van der Waals surface area contributed by atoms with Crippen molar-refractivity contribution >= 4 is 33.2 Å². The van der Waals surface area contributed by atoms with E-state index in [0.29, 0.717) is 24.4 Å². The number of carbonyl (C=O) groups is 1. The van der Waals surface area contributed by atoms with Crippen LogP contribution in [0.3, 0.4) is 0 Å². The van der Waals surface area contributed by atoms with E-state index >= 15 is 0 Å². The molecule has 0 bridgehead atoms. The number of rotatable bonds is 5. The number of nitrogens with one attached hydrogen (secondary N) is 1. The average Bonchev–Trinajstić information content (AvgIpc) is 2.59. The van der Waals surface area contributed by atoms with Crippen molar-refractivity contribution in [2.75, 3.05) is 13.1 Å². The van der Waals surface area contributed by atoms with Gasteiger partial charge in [-0.2, -0.15) is 0 Å². The standard InChI is InChI=1S/C9H11BrN4OS/c1-6-5-7(16-8(6)10)9(15)12-3-2-4-13-14-11/h5H,2-4H2,1H3,(H,12,15). The van der Waals surface area contributed by atoms with Crippen molar-refractivity contribution in [3.8, 4) is 0 Å². The number of aryl methyl sites for hydroxylation is 1. The third-order valence-corrected chi connectivity index (χ3v) is 4.00. The molecule has 0 fully saturated rings. The van der Waals surface area contributed by atoms with E-state index in [1.54, 1.807) is 0 Å². The van der Waals surface area contributed by atoms with E-state index < -0.39 is 0 Å². The first-order chi connectivity index (χ1) is 7.65. The van der Waals surface area contributed by atoms with Gasteiger partial charge in [0.25, 0.3) is 5.91 Å². The Labute approximate surface area is 106 Å². The number of nitrogens with zero attached hydrogens (tertiary/aromatic N) is 3. The van der Waals surface area contributed by atoms with Crippen LogP contribution in [0, 0.1) is 6.92 Å². The molecule has 0 spiro atoms. The van der Waals surface area contributed by atoms with Gasteiger partial charge in [-0.3, -0.25) is 4.79 Å². The summed E-state index contributed by atoms with van der Waals surface area (Å²) in [4.78, 5) is 14.9. The van der Waals surface area contributed by atoms with E-state index in [9.17, 15) is 4.79 Å². The van der Waals surface area contributed by atoms with Crippen molar-refractivity contribution in [1.29, 1.82) is 0 Å². The van der Waals surface area contributed by atoms with Crippen molar-refractivity contribution in [1.82, 2.24) is 5.32 Å². The maximum Gasteiger partial charge on any atom is 0.261 e. The molecule has 0 aromatic carbocycles. The summed E-state index contributed by atoms with van der Waals surface area (Å²) in [6.45, 7) is 2.87. The maximum atomic E-state index is 11.6. The third-order valence-electron chi connectivity index (χ3n) is 1.86. The highest BCUT2D eigenvalue weighted by Gasteiger charge is 2.09. The van der Waals surface area contributed by atoms with Crippen LogP contribution in [-0.2, 0) is 0 Å². The van der Waals surface area contributed by atoms with Crippen LogP contribution in [0.15, 0.2) is 15.0 Å². The highest BCUT2D eigenvalue weighted by molar-refractivity contribution is 9.11. The van der Waals surface area contributed by atoms with Gasteiger partial charge in [-0.1, -0.05) is 5.11 Å². The topological polar surface area (TPSA) is 77.9 Å². The molecule has 0 unspecified atom stereocenters. The molecule has 0 aliphatic rings. The molecule has 1 aromatic heterocycles. The Hall–Kier alpha value is -1.04. The molecule has 7 heteroatoms. The lowest BCUT2D eigenvalue weighted by atomic mass is 10.3. The first-order valence-corrected chi connectivity index (χ1v) is 6.31. The van der Waals surface area contributed by atoms with Crippen LogP contribution >= 0.6 is 27.3 Å². The molecule has 1 rings (SSSR count). The molecule has 0 aliphatic heterocycles. The minimum atomic E-state index is -0.0836. The number of carbonyl (C=O) groups excluding carboxylic acids is 1. The molecule has 0 radical (unpaired) electrons. The van der Waals surface area contributed by atoms with Crippen LogP contribution in [0.1, 0.15) is 21.7 Å². The maximum absolute atomic E-state index is 11.6. The predicted octanol–water partition coefficient (Wildman–Crippen LogP) is 3.25. The fourth-order valence-corrected chi connectivity index (χ4v) is 2.51. The molecule has 1 heterocycles. The van der Waals surface area contributed by atoms with Crippen LogP contribution in [0.2, 0.25) is 0 Å². The smallest absolute Gasteiger partial charge is 0.261 e. The van der Waals surface area contributed by atoms with Gasteiger partial charge < -0.3 is 5.32 Å². The number of thiophene rings is 1. The minimum absolute atomic E-state index is 0.0836. The Morgan fingerprint density at radius 3 is 3.06 bits per heavy atom. The molecule has 0 saturated carbocycles. The lowest BCUT2D eigenvalue weighted by Gasteiger charge is -2.00. The Balaban J connectivity index is 2.38. The molecule has 0 saturated heterocycles. The zero-order valence-corrected chi connectivity index (χ0v) is 11.1. The summed E-state index contributed by atoms with van der Waals surface area (Å²) < 4.78 is 0.978. The second kappa shape index (κ2) is 6.52. The highest BCUT2D eigenvalue weighted by Crippen LogP contribution is 2.27. The van der Waals surface area contributed by atoms with Crippen molar-refractivity contribution in [2.45, 2.75) is 13.3 Å². The summed E-state index contributed by atoms with van der Waals surface area (Å²) in [5.74, 6) is -0.0836.